The average Bonchev–Trinajstić information content (AvgIpc) is 3.32. The monoisotopic (exact) mass is 447 g/mol. The molecule has 158 valence electrons. The molecule has 2 atom stereocenters. The lowest BCUT2D eigenvalue weighted by Crippen LogP contribution is -2.35. The highest BCUT2D eigenvalue weighted by Gasteiger charge is 2.35. The van der Waals surface area contributed by atoms with E-state index in [9.17, 15) is 19.2 Å². The zero-order valence-corrected chi connectivity index (χ0v) is 18.3. The first kappa shape index (κ1) is 21.9. The van der Waals surface area contributed by atoms with Gasteiger partial charge in [-0.3, -0.25) is 19.2 Å². The highest BCUT2D eigenvalue weighted by atomic mass is 32.2. The van der Waals surface area contributed by atoms with Crippen molar-refractivity contribution in [2.75, 3.05) is 30.9 Å². The van der Waals surface area contributed by atoms with Crippen molar-refractivity contribution in [3.63, 3.8) is 0 Å². The van der Waals surface area contributed by atoms with Crippen LogP contribution >= 0.6 is 23.1 Å². The summed E-state index contributed by atoms with van der Waals surface area (Å²) in [6.45, 7) is 1.64. The second-order valence-corrected chi connectivity index (χ2v) is 9.27. The van der Waals surface area contributed by atoms with Crippen molar-refractivity contribution in [3.05, 3.63) is 30.3 Å². The fourth-order valence-electron chi connectivity index (χ4n) is 2.90. The quantitative estimate of drug-likeness (QED) is 0.390. The summed E-state index contributed by atoms with van der Waals surface area (Å²) in [4.78, 5) is 51.8. The normalized spacial score (nSPS) is 17.0. The Labute approximate surface area is 181 Å². The number of amides is 3. The zero-order valence-electron chi connectivity index (χ0n) is 16.7. The van der Waals surface area contributed by atoms with E-state index in [1.54, 1.807) is 19.0 Å². The summed E-state index contributed by atoms with van der Waals surface area (Å²) in [7, 11) is 3.15. The molecule has 1 aliphatic heterocycles. The Morgan fingerprint density at radius 1 is 1.23 bits per heavy atom. The largest absolute Gasteiger partial charge is 0.347 e. The second kappa shape index (κ2) is 9.35. The van der Waals surface area contributed by atoms with Gasteiger partial charge in [0.05, 0.1) is 5.92 Å². The summed E-state index contributed by atoms with van der Waals surface area (Å²) in [5, 5.41) is 9.90. The fourth-order valence-corrected chi connectivity index (χ4v) is 4.86. The molecule has 1 saturated heterocycles. The van der Waals surface area contributed by atoms with E-state index in [-0.39, 0.29) is 35.1 Å². The maximum Gasteiger partial charge on any atom is 0.243 e. The van der Waals surface area contributed by atoms with Crippen LogP contribution in [0.5, 0.6) is 0 Å². The zero-order chi connectivity index (χ0) is 21.8. The van der Waals surface area contributed by atoms with Crippen LogP contribution in [0.4, 0.5) is 10.8 Å². The predicted molar refractivity (Wildman–Crippen MR) is 114 cm³/mol. The predicted octanol–water partition coefficient (Wildman–Crippen LogP) is 1.67. The number of anilines is 2. The number of carbonyl (C=O) groups is 4. The molecule has 0 unspecified atom stereocenters. The van der Waals surface area contributed by atoms with Crippen molar-refractivity contribution in [1.29, 1.82) is 0 Å². The molecule has 1 fully saturated rings. The van der Waals surface area contributed by atoms with Crippen LogP contribution in [0.2, 0.25) is 0 Å². The van der Waals surface area contributed by atoms with Gasteiger partial charge in [0.25, 0.3) is 0 Å². The molecule has 9 nitrogen and oxygen atoms in total. The summed E-state index contributed by atoms with van der Waals surface area (Å²) in [6, 6.07) is 9.19. The lowest BCUT2D eigenvalue weighted by atomic mass is 10.1. The lowest BCUT2D eigenvalue weighted by molar-refractivity contribution is -0.132. The lowest BCUT2D eigenvalue weighted by Gasteiger charge is -2.16. The first-order chi connectivity index (χ1) is 14.3. The maximum atomic E-state index is 12.6. The van der Waals surface area contributed by atoms with Gasteiger partial charge in [0.1, 0.15) is 5.25 Å². The Bertz CT molecular complexity index is 963. The van der Waals surface area contributed by atoms with Crippen LogP contribution in [-0.4, -0.2) is 64.5 Å². The first-order valence-electron chi connectivity index (χ1n) is 9.14. The van der Waals surface area contributed by atoms with Crippen molar-refractivity contribution in [2.24, 2.45) is 5.92 Å². The van der Waals surface area contributed by atoms with Gasteiger partial charge in [-0.15, -0.1) is 10.2 Å². The van der Waals surface area contributed by atoms with E-state index in [0.717, 1.165) is 28.8 Å². The molecular weight excluding hydrogens is 426 g/mol. The van der Waals surface area contributed by atoms with Crippen molar-refractivity contribution in [3.8, 4) is 0 Å². The van der Waals surface area contributed by atoms with E-state index in [4.69, 9.17) is 0 Å². The molecule has 0 aliphatic carbocycles. The number of hydrogen-bond acceptors (Lipinski definition) is 8. The molecule has 0 spiro atoms. The van der Waals surface area contributed by atoms with Crippen LogP contribution < -0.4 is 10.2 Å². The highest BCUT2D eigenvalue weighted by Crippen LogP contribution is 2.31. The van der Waals surface area contributed by atoms with E-state index < -0.39 is 11.2 Å². The summed E-state index contributed by atoms with van der Waals surface area (Å²) >= 11 is 2.08. The molecule has 1 aromatic heterocycles. The number of ketones is 1. The van der Waals surface area contributed by atoms with E-state index in [1.165, 1.54) is 11.8 Å². The van der Waals surface area contributed by atoms with E-state index in [1.807, 2.05) is 30.3 Å². The summed E-state index contributed by atoms with van der Waals surface area (Å²) in [5.41, 5.74) is 0.758. The van der Waals surface area contributed by atoms with E-state index >= 15 is 0 Å². The number of nitrogens with one attached hydrogen (secondary N) is 1. The Hall–Kier alpha value is -2.79. The SMILES string of the molecule is CC(=O)[C@H](Sc1nnc(NC(=O)[C@@H]2CC(=O)N(c3ccccc3)C2)s1)C(=O)N(C)C. The number of thioether (sulfide) groups is 1. The summed E-state index contributed by atoms with van der Waals surface area (Å²) in [6.07, 6.45) is 0.116. The summed E-state index contributed by atoms with van der Waals surface area (Å²) < 4.78 is 0.397. The molecule has 1 N–H and O–H groups in total. The Balaban J connectivity index is 1.62. The number of para-hydroxylation sites is 1. The van der Waals surface area contributed by atoms with Crippen LogP contribution in [0.3, 0.4) is 0 Å². The average molecular weight is 448 g/mol. The number of rotatable bonds is 7. The highest BCUT2D eigenvalue weighted by molar-refractivity contribution is 8.03. The summed E-state index contributed by atoms with van der Waals surface area (Å²) in [5.74, 6) is -1.55. The number of carbonyl (C=O) groups excluding carboxylic acids is 4. The molecule has 2 aromatic rings. The van der Waals surface area contributed by atoms with Crippen molar-refractivity contribution in [1.82, 2.24) is 15.1 Å². The number of nitrogens with zero attached hydrogens (tertiary/aromatic N) is 4. The van der Waals surface area contributed by atoms with E-state index in [0.29, 0.717) is 10.9 Å². The van der Waals surface area contributed by atoms with Gasteiger partial charge in [0.2, 0.25) is 22.9 Å². The molecule has 1 aromatic carbocycles. The molecule has 3 rings (SSSR count). The van der Waals surface area contributed by atoms with Crippen molar-refractivity contribution >= 4 is 57.4 Å². The van der Waals surface area contributed by atoms with Crippen LogP contribution in [0.1, 0.15) is 13.3 Å². The maximum absolute atomic E-state index is 12.6. The molecule has 0 saturated carbocycles. The van der Waals surface area contributed by atoms with Gasteiger partial charge in [-0.1, -0.05) is 41.3 Å². The molecule has 11 heteroatoms. The third-order valence-corrected chi connectivity index (χ3v) is 6.68. The molecule has 3 amide bonds. The molecular formula is C19H21N5O4S2. The van der Waals surface area contributed by atoms with Crippen LogP contribution in [0, 0.1) is 5.92 Å². The van der Waals surface area contributed by atoms with E-state index in [2.05, 4.69) is 15.5 Å². The third kappa shape index (κ3) is 5.03. The molecule has 30 heavy (non-hydrogen) atoms. The van der Waals surface area contributed by atoms with Gasteiger partial charge in [-0.05, 0) is 19.1 Å². The standard InChI is InChI=1S/C19H21N5O4S2/c1-11(25)15(17(28)23(2)3)29-19-22-21-18(30-19)20-16(27)12-9-14(26)24(10-12)13-7-5-4-6-8-13/h4-8,12,15H,9-10H2,1-3H3,(H,20,21,27)/t12-,15+/m1/s1. The second-order valence-electron chi connectivity index (χ2n) is 6.94. The van der Waals surface area contributed by atoms with Crippen molar-refractivity contribution < 1.29 is 19.2 Å². The van der Waals surface area contributed by atoms with Gasteiger partial charge >= 0.3 is 0 Å². The molecule has 2 heterocycles. The molecule has 0 bridgehead atoms. The Morgan fingerprint density at radius 2 is 1.93 bits per heavy atom. The molecule has 0 radical (unpaired) electrons. The van der Waals surface area contributed by atoms with Gasteiger partial charge < -0.3 is 15.1 Å². The minimum Gasteiger partial charge on any atom is -0.347 e. The third-order valence-electron chi connectivity index (χ3n) is 4.45. The minimum absolute atomic E-state index is 0.110. The smallest absolute Gasteiger partial charge is 0.243 e. The first-order valence-corrected chi connectivity index (χ1v) is 10.8. The Morgan fingerprint density at radius 3 is 2.57 bits per heavy atom. The number of benzene rings is 1. The van der Waals surface area contributed by atoms with Gasteiger partial charge in [0, 0.05) is 32.7 Å². The van der Waals surface area contributed by atoms with Gasteiger partial charge in [-0.25, -0.2) is 0 Å². The van der Waals surface area contributed by atoms with Crippen LogP contribution in [0.25, 0.3) is 0 Å². The van der Waals surface area contributed by atoms with Gasteiger partial charge in [-0.2, -0.15) is 0 Å². The van der Waals surface area contributed by atoms with Crippen LogP contribution in [-0.2, 0) is 19.2 Å². The fraction of sp³-hybridized carbons (Fsp3) is 0.368. The number of aromatic nitrogens is 2. The van der Waals surface area contributed by atoms with Crippen LogP contribution in [0.15, 0.2) is 34.7 Å². The Kier molecular flexibility index (Phi) is 6.83. The molecule has 1 aliphatic rings. The number of hydrogen-bond donors (Lipinski definition) is 1. The van der Waals surface area contributed by atoms with Gasteiger partial charge in [0.15, 0.2) is 10.1 Å². The minimum atomic E-state index is -0.914. The topological polar surface area (TPSA) is 113 Å². The number of Topliss-reactive ketones (excluding diaryl/α,β-unsaturated/α-hetero) is 1. The van der Waals surface area contributed by atoms with Crippen molar-refractivity contribution in [2.45, 2.75) is 22.9 Å².